The Morgan fingerprint density at radius 1 is 1.18 bits per heavy atom. The molecule has 0 bridgehead atoms. The Balaban J connectivity index is 2.14. The number of benzene rings is 1. The number of hydrogen-bond donors (Lipinski definition) is 1. The number of rotatable bonds is 7. The first-order chi connectivity index (χ1) is 13.3. The van der Waals surface area contributed by atoms with Gasteiger partial charge in [0.1, 0.15) is 5.56 Å². The predicted molar refractivity (Wildman–Crippen MR) is 101 cm³/mol. The van der Waals surface area contributed by atoms with Gasteiger partial charge in [0.15, 0.2) is 17.6 Å². The minimum absolute atomic E-state index is 0.0396. The third-order valence-corrected chi connectivity index (χ3v) is 5.01. The quantitative estimate of drug-likeness (QED) is 0.429. The highest BCUT2D eigenvalue weighted by Crippen LogP contribution is 2.35. The van der Waals surface area contributed by atoms with E-state index in [2.05, 4.69) is 12.2 Å². The van der Waals surface area contributed by atoms with Crippen LogP contribution in [0.2, 0.25) is 0 Å². The molecule has 1 saturated carbocycles. The lowest BCUT2D eigenvalue weighted by atomic mass is 9.86. The number of esters is 1. The SMILES string of the molecule is COc1cc(C(=O)O[C@H](C)C(=O)N[C@H]2CCCC[C@H]2C)c([N+](=O)[O-])cc1OC. The van der Waals surface area contributed by atoms with Crippen LogP contribution in [0.3, 0.4) is 0 Å². The summed E-state index contributed by atoms with van der Waals surface area (Å²) < 4.78 is 15.3. The summed E-state index contributed by atoms with van der Waals surface area (Å²) in [5.74, 6) is -0.786. The second kappa shape index (κ2) is 9.38. The van der Waals surface area contributed by atoms with Crippen molar-refractivity contribution in [3.05, 3.63) is 27.8 Å². The molecule has 1 aliphatic rings. The third-order valence-electron chi connectivity index (χ3n) is 5.01. The molecule has 9 heteroatoms. The fourth-order valence-corrected chi connectivity index (χ4v) is 3.29. The normalized spacial score (nSPS) is 20.0. The fraction of sp³-hybridized carbons (Fsp3) is 0.579. The van der Waals surface area contributed by atoms with Gasteiger partial charge in [-0.15, -0.1) is 0 Å². The summed E-state index contributed by atoms with van der Waals surface area (Å²) in [5, 5.41) is 14.2. The molecular weight excluding hydrogens is 368 g/mol. The zero-order valence-corrected chi connectivity index (χ0v) is 16.5. The number of methoxy groups -OCH3 is 2. The van der Waals surface area contributed by atoms with Crippen LogP contribution in [0.5, 0.6) is 11.5 Å². The number of ether oxygens (including phenoxy) is 3. The smallest absolute Gasteiger partial charge is 0.346 e. The lowest BCUT2D eigenvalue weighted by molar-refractivity contribution is -0.385. The summed E-state index contributed by atoms with van der Waals surface area (Å²) in [7, 11) is 2.68. The first-order valence-corrected chi connectivity index (χ1v) is 9.20. The van der Waals surface area contributed by atoms with Crippen molar-refractivity contribution in [3.63, 3.8) is 0 Å². The Kier molecular flexibility index (Phi) is 7.19. The van der Waals surface area contributed by atoms with Gasteiger partial charge in [-0.1, -0.05) is 19.8 Å². The molecular formula is C19H26N2O7. The molecule has 1 aromatic rings. The monoisotopic (exact) mass is 394 g/mol. The molecule has 0 unspecified atom stereocenters. The second-order valence-electron chi connectivity index (χ2n) is 6.91. The van der Waals surface area contributed by atoms with Crippen molar-refractivity contribution in [2.24, 2.45) is 5.92 Å². The Hall–Kier alpha value is -2.84. The van der Waals surface area contributed by atoms with E-state index in [0.717, 1.165) is 31.7 Å². The van der Waals surface area contributed by atoms with Crippen LogP contribution in [0, 0.1) is 16.0 Å². The van der Waals surface area contributed by atoms with Gasteiger partial charge in [-0.2, -0.15) is 0 Å². The molecule has 3 atom stereocenters. The van der Waals surface area contributed by atoms with Crippen LogP contribution in [-0.2, 0) is 9.53 Å². The topological polar surface area (TPSA) is 117 Å². The van der Waals surface area contributed by atoms with E-state index in [1.54, 1.807) is 0 Å². The Labute approximate surface area is 163 Å². The van der Waals surface area contributed by atoms with Crippen LogP contribution in [0.1, 0.15) is 49.9 Å². The summed E-state index contributed by atoms with van der Waals surface area (Å²) in [6.07, 6.45) is 3.02. The standard InChI is InChI=1S/C19H26N2O7/c1-11-7-5-6-8-14(11)20-18(22)12(2)28-19(23)13-9-16(26-3)17(27-4)10-15(13)21(24)25/h9-12,14H,5-8H2,1-4H3,(H,20,22)/t11-,12-,14+/m1/s1. The zero-order chi connectivity index (χ0) is 20.8. The van der Waals surface area contributed by atoms with Gasteiger partial charge in [0, 0.05) is 12.1 Å². The molecule has 0 radical (unpaired) electrons. The maximum absolute atomic E-state index is 12.5. The fourth-order valence-electron chi connectivity index (χ4n) is 3.29. The first-order valence-electron chi connectivity index (χ1n) is 9.20. The lowest BCUT2D eigenvalue weighted by Gasteiger charge is -2.30. The highest BCUT2D eigenvalue weighted by molar-refractivity contribution is 5.96. The van der Waals surface area contributed by atoms with E-state index in [-0.39, 0.29) is 23.1 Å². The molecule has 0 saturated heterocycles. The lowest BCUT2D eigenvalue weighted by Crippen LogP contribution is -2.46. The zero-order valence-electron chi connectivity index (χ0n) is 16.5. The maximum atomic E-state index is 12.5. The molecule has 2 rings (SSSR count). The van der Waals surface area contributed by atoms with Gasteiger partial charge in [-0.05, 0) is 25.7 Å². The van der Waals surface area contributed by atoms with E-state index < -0.39 is 28.6 Å². The molecule has 28 heavy (non-hydrogen) atoms. The van der Waals surface area contributed by atoms with Gasteiger partial charge in [-0.25, -0.2) is 4.79 Å². The largest absolute Gasteiger partial charge is 0.493 e. The van der Waals surface area contributed by atoms with Crippen LogP contribution >= 0.6 is 0 Å². The number of nitrogens with zero attached hydrogens (tertiary/aromatic N) is 1. The molecule has 1 aromatic carbocycles. The van der Waals surface area contributed by atoms with Crippen LogP contribution in [0.25, 0.3) is 0 Å². The van der Waals surface area contributed by atoms with Crippen molar-refractivity contribution in [1.29, 1.82) is 0 Å². The van der Waals surface area contributed by atoms with E-state index in [1.807, 2.05) is 0 Å². The summed E-state index contributed by atoms with van der Waals surface area (Å²) in [6.45, 7) is 3.51. The van der Waals surface area contributed by atoms with Gasteiger partial charge in [-0.3, -0.25) is 14.9 Å². The number of nitrogens with one attached hydrogen (secondary N) is 1. The molecule has 1 aliphatic carbocycles. The predicted octanol–water partition coefficient (Wildman–Crippen LogP) is 2.85. The molecule has 1 N–H and O–H groups in total. The number of hydrogen-bond acceptors (Lipinski definition) is 7. The van der Waals surface area contributed by atoms with E-state index in [9.17, 15) is 19.7 Å². The van der Waals surface area contributed by atoms with E-state index >= 15 is 0 Å². The summed E-state index contributed by atoms with van der Waals surface area (Å²) in [6, 6.07) is 2.30. The van der Waals surface area contributed by atoms with Crippen molar-refractivity contribution in [2.75, 3.05) is 14.2 Å². The molecule has 9 nitrogen and oxygen atoms in total. The van der Waals surface area contributed by atoms with Gasteiger partial charge in [0.25, 0.3) is 11.6 Å². The Bertz CT molecular complexity index is 750. The van der Waals surface area contributed by atoms with Crippen molar-refractivity contribution in [2.45, 2.75) is 51.7 Å². The third kappa shape index (κ3) is 4.90. The van der Waals surface area contributed by atoms with E-state index in [4.69, 9.17) is 14.2 Å². The Morgan fingerprint density at radius 2 is 1.79 bits per heavy atom. The van der Waals surface area contributed by atoms with Crippen LogP contribution in [0.15, 0.2) is 12.1 Å². The van der Waals surface area contributed by atoms with Crippen LogP contribution in [0.4, 0.5) is 5.69 Å². The molecule has 0 heterocycles. The Morgan fingerprint density at radius 3 is 2.36 bits per heavy atom. The average Bonchev–Trinajstić information content (AvgIpc) is 2.68. The highest BCUT2D eigenvalue weighted by atomic mass is 16.6. The van der Waals surface area contributed by atoms with Crippen LogP contribution < -0.4 is 14.8 Å². The summed E-state index contributed by atoms with van der Waals surface area (Å²) >= 11 is 0. The molecule has 0 aromatic heterocycles. The molecule has 0 spiro atoms. The average molecular weight is 394 g/mol. The minimum Gasteiger partial charge on any atom is -0.493 e. The van der Waals surface area contributed by atoms with Gasteiger partial charge in [0.05, 0.1) is 25.2 Å². The second-order valence-corrected chi connectivity index (χ2v) is 6.91. The molecule has 0 aliphatic heterocycles. The van der Waals surface area contributed by atoms with Crippen molar-refractivity contribution in [3.8, 4) is 11.5 Å². The highest BCUT2D eigenvalue weighted by Gasteiger charge is 2.30. The van der Waals surface area contributed by atoms with Gasteiger partial charge in [0.2, 0.25) is 0 Å². The summed E-state index contributed by atoms with van der Waals surface area (Å²) in [4.78, 5) is 35.5. The number of amides is 1. The van der Waals surface area contributed by atoms with E-state index in [0.29, 0.717) is 5.92 Å². The number of carbonyl (C=O) groups excluding carboxylic acids is 2. The molecule has 154 valence electrons. The number of carbonyl (C=O) groups is 2. The van der Waals surface area contributed by atoms with Gasteiger partial charge >= 0.3 is 5.97 Å². The van der Waals surface area contributed by atoms with Crippen molar-refractivity contribution < 1.29 is 28.7 Å². The van der Waals surface area contributed by atoms with Crippen molar-refractivity contribution >= 4 is 17.6 Å². The maximum Gasteiger partial charge on any atom is 0.346 e. The molecule has 1 fully saturated rings. The summed E-state index contributed by atoms with van der Waals surface area (Å²) in [5.41, 5.74) is -0.801. The first kappa shape index (κ1) is 21.5. The number of nitro groups is 1. The van der Waals surface area contributed by atoms with Gasteiger partial charge < -0.3 is 19.5 Å². The van der Waals surface area contributed by atoms with Crippen LogP contribution in [-0.4, -0.2) is 43.2 Å². The number of nitro benzene ring substituents is 1. The molecule has 1 amide bonds. The minimum atomic E-state index is -1.09. The van der Waals surface area contributed by atoms with Crippen molar-refractivity contribution in [1.82, 2.24) is 5.32 Å². The van der Waals surface area contributed by atoms with E-state index in [1.165, 1.54) is 27.2 Å².